The van der Waals surface area contributed by atoms with Crippen LogP contribution < -0.4 is 10.5 Å². The lowest BCUT2D eigenvalue weighted by Gasteiger charge is -2.17. The summed E-state index contributed by atoms with van der Waals surface area (Å²) in [6.07, 6.45) is -3.09. The summed E-state index contributed by atoms with van der Waals surface area (Å²) < 4.78 is 47.4. The fourth-order valence-electron chi connectivity index (χ4n) is 3.49. The molecule has 1 aromatic heterocycles. The molecule has 0 amide bonds. The lowest BCUT2D eigenvalue weighted by molar-refractivity contribution is -0.140. The number of phenolic OH excluding ortho intramolecular Hbond substituents is 1. The average Bonchev–Trinajstić information content (AvgIpc) is 2.83. The number of anilines is 1. The third kappa shape index (κ3) is 5.38. The highest BCUT2D eigenvalue weighted by Gasteiger charge is 2.38. The number of hydrogen-bond donors (Lipinski definition) is 2. The molecule has 4 rings (SSSR count). The van der Waals surface area contributed by atoms with E-state index >= 15 is 0 Å². The van der Waals surface area contributed by atoms with Crippen LogP contribution in [-0.4, -0.2) is 15.1 Å². The van der Waals surface area contributed by atoms with Crippen LogP contribution in [0.5, 0.6) is 11.5 Å². The third-order valence-corrected chi connectivity index (χ3v) is 5.42. The fraction of sp³-hybridized carbons (Fsp3) is 0.0769. The van der Waals surface area contributed by atoms with Crippen molar-refractivity contribution in [2.24, 2.45) is 0 Å². The maximum Gasteiger partial charge on any atom is 0.434 e. The number of nitrogens with two attached hydrogens (primary N) is 1. The average molecular weight is 498 g/mol. The molecule has 0 radical (unpaired) electrons. The van der Waals surface area contributed by atoms with E-state index in [2.05, 4.69) is 16.5 Å². The Morgan fingerprint density at radius 1 is 1.00 bits per heavy atom. The summed E-state index contributed by atoms with van der Waals surface area (Å²) in [6, 6.07) is 17.6. The van der Waals surface area contributed by atoms with Crippen molar-refractivity contribution in [1.29, 1.82) is 0 Å². The van der Waals surface area contributed by atoms with Gasteiger partial charge in [-0.25, -0.2) is 9.97 Å². The van der Waals surface area contributed by atoms with Crippen molar-refractivity contribution in [3.8, 4) is 33.9 Å². The molecule has 4 aromatic rings. The van der Waals surface area contributed by atoms with E-state index in [1.807, 2.05) is 24.3 Å². The van der Waals surface area contributed by atoms with E-state index in [1.54, 1.807) is 6.08 Å². The van der Waals surface area contributed by atoms with Crippen LogP contribution in [0.2, 0.25) is 5.02 Å². The van der Waals surface area contributed by atoms with Gasteiger partial charge in [-0.3, -0.25) is 0 Å². The molecule has 0 spiro atoms. The molecule has 178 valence electrons. The Hall–Kier alpha value is -4.04. The summed E-state index contributed by atoms with van der Waals surface area (Å²) >= 11 is 5.91. The highest BCUT2D eigenvalue weighted by Crippen LogP contribution is 2.44. The Bertz CT molecular complexity index is 1370. The molecule has 0 unspecified atom stereocenters. The zero-order valence-corrected chi connectivity index (χ0v) is 18.9. The molecule has 0 saturated carbocycles. The molecule has 9 heteroatoms. The van der Waals surface area contributed by atoms with Crippen molar-refractivity contribution < 1.29 is 23.0 Å². The van der Waals surface area contributed by atoms with Gasteiger partial charge >= 0.3 is 6.18 Å². The third-order valence-electron chi connectivity index (χ3n) is 5.17. The van der Waals surface area contributed by atoms with E-state index in [1.165, 1.54) is 42.5 Å². The number of hydrogen-bond acceptors (Lipinski definition) is 5. The Kier molecular flexibility index (Phi) is 6.66. The number of phenols is 1. The smallest absolute Gasteiger partial charge is 0.434 e. The van der Waals surface area contributed by atoms with Gasteiger partial charge in [0.1, 0.15) is 18.1 Å². The first-order chi connectivity index (χ1) is 16.7. The summed E-state index contributed by atoms with van der Waals surface area (Å²) in [4.78, 5) is 7.49. The number of aromatic hydroxyl groups is 1. The maximum absolute atomic E-state index is 13.9. The molecule has 0 bridgehead atoms. The van der Waals surface area contributed by atoms with Crippen molar-refractivity contribution in [2.75, 3.05) is 5.73 Å². The van der Waals surface area contributed by atoms with E-state index in [9.17, 15) is 18.3 Å². The summed E-state index contributed by atoms with van der Waals surface area (Å²) in [7, 11) is 0. The predicted molar refractivity (Wildman–Crippen MR) is 130 cm³/mol. The van der Waals surface area contributed by atoms with Crippen LogP contribution in [0.4, 0.5) is 19.1 Å². The molecule has 0 aliphatic rings. The number of ether oxygens (including phenoxy) is 1. The van der Waals surface area contributed by atoms with Crippen LogP contribution in [0.25, 0.3) is 28.5 Å². The molecule has 3 aromatic carbocycles. The van der Waals surface area contributed by atoms with Crippen molar-refractivity contribution in [3.63, 3.8) is 0 Å². The quantitative estimate of drug-likeness (QED) is 0.300. The number of alkyl halides is 3. The number of nitrogens with zero attached hydrogens (tertiary/aromatic N) is 2. The molecule has 0 aliphatic heterocycles. The SMILES string of the molecule is C=Cc1ccc(COc2ccc(-c3nc(N)nc(C(F)(F)F)c3-c3ccc(Cl)cc3)c(O)c2)cc1. The van der Waals surface area contributed by atoms with Gasteiger partial charge in [-0.15, -0.1) is 0 Å². The molecule has 0 aliphatic carbocycles. The number of nitrogen functional groups attached to an aromatic ring is 1. The number of benzene rings is 3. The van der Waals surface area contributed by atoms with Gasteiger partial charge in [0.25, 0.3) is 0 Å². The topological polar surface area (TPSA) is 81.3 Å². The van der Waals surface area contributed by atoms with Gasteiger partial charge in [0.05, 0.1) is 5.69 Å². The molecule has 0 saturated heterocycles. The Balaban J connectivity index is 1.74. The van der Waals surface area contributed by atoms with Crippen molar-refractivity contribution in [1.82, 2.24) is 9.97 Å². The van der Waals surface area contributed by atoms with Crippen LogP contribution in [0, 0.1) is 0 Å². The van der Waals surface area contributed by atoms with Gasteiger partial charge in [-0.2, -0.15) is 13.2 Å². The van der Waals surface area contributed by atoms with Gasteiger partial charge in [-0.05, 0) is 41.0 Å². The second-order valence-electron chi connectivity index (χ2n) is 7.57. The van der Waals surface area contributed by atoms with Gasteiger partial charge in [-0.1, -0.05) is 60.7 Å². The van der Waals surface area contributed by atoms with Crippen LogP contribution in [0.15, 0.2) is 73.3 Å². The summed E-state index contributed by atoms with van der Waals surface area (Å²) in [5.41, 5.74) is 5.97. The Labute approximate surface area is 204 Å². The van der Waals surface area contributed by atoms with Crippen molar-refractivity contribution >= 4 is 23.6 Å². The van der Waals surface area contributed by atoms with E-state index in [-0.39, 0.29) is 34.7 Å². The first kappa shape index (κ1) is 24.1. The van der Waals surface area contributed by atoms with Gasteiger partial charge in [0.15, 0.2) is 5.69 Å². The lowest BCUT2D eigenvalue weighted by atomic mass is 9.96. The molecule has 3 N–H and O–H groups in total. The predicted octanol–water partition coefficient (Wildman–Crippen LogP) is 6.99. The van der Waals surface area contributed by atoms with Gasteiger partial charge in [0.2, 0.25) is 5.95 Å². The van der Waals surface area contributed by atoms with Crippen LogP contribution >= 0.6 is 11.6 Å². The number of rotatable bonds is 6. The maximum atomic E-state index is 13.9. The molecular formula is C26H19ClF3N3O2. The van der Waals surface area contributed by atoms with E-state index in [0.717, 1.165) is 11.1 Å². The Morgan fingerprint density at radius 2 is 1.69 bits per heavy atom. The highest BCUT2D eigenvalue weighted by molar-refractivity contribution is 6.30. The second-order valence-corrected chi connectivity index (χ2v) is 8.01. The van der Waals surface area contributed by atoms with E-state index in [0.29, 0.717) is 10.8 Å². The van der Waals surface area contributed by atoms with E-state index < -0.39 is 17.8 Å². The highest BCUT2D eigenvalue weighted by atomic mass is 35.5. The minimum atomic E-state index is -4.82. The van der Waals surface area contributed by atoms with Crippen molar-refractivity contribution in [2.45, 2.75) is 12.8 Å². The first-order valence-electron chi connectivity index (χ1n) is 10.3. The molecule has 5 nitrogen and oxygen atoms in total. The minimum absolute atomic E-state index is 0.0391. The van der Waals surface area contributed by atoms with Crippen molar-refractivity contribution in [3.05, 3.63) is 95.2 Å². The van der Waals surface area contributed by atoms with Crippen LogP contribution in [0.1, 0.15) is 16.8 Å². The largest absolute Gasteiger partial charge is 0.507 e. The van der Waals surface area contributed by atoms with Crippen LogP contribution in [-0.2, 0) is 12.8 Å². The fourth-order valence-corrected chi connectivity index (χ4v) is 3.61. The second kappa shape index (κ2) is 9.68. The molecule has 0 fully saturated rings. The molecule has 1 heterocycles. The summed E-state index contributed by atoms with van der Waals surface area (Å²) in [6.45, 7) is 3.93. The molecule has 35 heavy (non-hydrogen) atoms. The van der Waals surface area contributed by atoms with E-state index in [4.69, 9.17) is 22.1 Å². The molecule has 0 atom stereocenters. The molecular weight excluding hydrogens is 479 g/mol. The standard InChI is InChI=1S/C26H19ClF3N3O2/c1-2-15-3-5-16(6-4-15)14-35-19-11-12-20(21(34)13-19)23-22(17-7-9-18(27)10-8-17)24(26(28,29)30)33-25(31)32-23/h2-13,34H,1,14H2,(H2,31,32,33). The van der Waals surface area contributed by atoms with Gasteiger partial charge < -0.3 is 15.6 Å². The summed E-state index contributed by atoms with van der Waals surface area (Å²) in [5, 5.41) is 11.1. The van der Waals surface area contributed by atoms with Crippen LogP contribution in [0.3, 0.4) is 0 Å². The first-order valence-corrected chi connectivity index (χ1v) is 10.7. The number of aromatic nitrogens is 2. The van der Waals surface area contributed by atoms with Gasteiger partial charge in [0, 0.05) is 22.2 Å². The number of halogens is 4. The summed E-state index contributed by atoms with van der Waals surface area (Å²) in [5.74, 6) is -0.580. The zero-order valence-electron chi connectivity index (χ0n) is 18.2. The monoisotopic (exact) mass is 497 g/mol. The Morgan fingerprint density at radius 3 is 2.29 bits per heavy atom. The minimum Gasteiger partial charge on any atom is -0.507 e. The zero-order chi connectivity index (χ0) is 25.2. The lowest BCUT2D eigenvalue weighted by Crippen LogP contribution is -2.14. The normalized spacial score (nSPS) is 11.3.